The average molecular weight is 320 g/mol. The van der Waals surface area contributed by atoms with Crippen molar-refractivity contribution in [2.75, 3.05) is 13.6 Å². The zero-order valence-electron chi connectivity index (χ0n) is 14.6. The van der Waals surface area contributed by atoms with Gasteiger partial charge in [-0.05, 0) is 33.1 Å². The highest BCUT2D eigenvalue weighted by Crippen LogP contribution is 2.23. The Morgan fingerprint density at radius 2 is 2.22 bits per heavy atom. The summed E-state index contributed by atoms with van der Waals surface area (Å²) in [6.07, 6.45) is 5.24. The molecule has 1 unspecified atom stereocenters. The van der Waals surface area contributed by atoms with Gasteiger partial charge in [0.05, 0.1) is 17.9 Å². The second-order valence-electron chi connectivity index (χ2n) is 6.67. The third-order valence-electron chi connectivity index (χ3n) is 4.29. The predicted octanol–water partition coefficient (Wildman–Crippen LogP) is 1.84. The number of hydrogen-bond acceptors (Lipinski definition) is 3. The molecule has 23 heavy (non-hydrogen) atoms. The molecule has 0 radical (unpaired) electrons. The summed E-state index contributed by atoms with van der Waals surface area (Å²) >= 11 is 0. The summed E-state index contributed by atoms with van der Waals surface area (Å²) in [5, 5.41) is 2.97. The van der Waals surface area contributed by atoms with Crippen molar-refractivity contribution < 1.29 is 9.59 Å². The van der Waals surface area contributed by atoms with Crippen LogP contribution in [-0.4, -0.2) is 45.9 Å². The second-order valence-corrected chi connectivity index (χ2v) is 6.67. The third kappa shape index (κ3) is 4.12. The first-order chi connectivity index (χ1) is 10.9. The van der Waals surface area contributed by atoms with E-state index in [-0.39, 0.29) is 23.8 Å². The Morgan fingerprint density at radius 1 is 1.48 bits per heavy atom. The average Bonchev–Trinajstić information content (AvgIpc) is 2.94. The van der Waals surface area contributed by atoms with E-state index in [0.29, 0.717) is 12.2 Å². The second kappa shape index (κ2) is 7.62. The van der Waals surface area contributed by atoms with E-state index in [1.54, 1.807) is 11.2 Å². The molecule has 0 saturated carbocycles. The molecule has 0 spiro atoms. The predicted molar refractivity (Wildman–Crippen MR) is 89.2 cm³/mol. The molecule has 0 aromatic carbocycles. The number of amides is 2. The highest BCUT2D eigenvalue weighted by atomic mass is 16.2. The molecule has 0 fully saturated rings. The van der Waals surface area contributed by atoms with Gasteiger partial charge in [-0.1, -0.05) is 13.3 Å². The van der Waals surface area contributed by atoms with Crippen LogP contribution in [0.1, 0.15) is 56.2 Å². The summed E-state index contributed by atoms with van der Waals surface area (Å²) in [4.78, 5) is 30.7. The smallest absolute Gasteiger partial charge is 0.274 e. The zero-order valence-corrected chi connectivity index (χ0v) is 14.6. The molecule has 1 N–H and O–H groups in total. The van der Waals surface area contributed by atoms with E-state index in [2.05, 4.69) is 17.2 Å². The van der Waals surface area contributed by atoms with Crippen LogP contribution in [0.25, 0.3) is 0 Å². The highest BCUT2D eigenvalue weighted by Gasteiger charge is 2.29. The van der Waals surface area contributed by atoms with Gasteiger partial charge in [0, 0.05) is 26.2 Å². The first kappa shape index (κ1) is 17.5. The summed E-state index contributed by atoms with van der Waals surface area (Å²) in [5.74, 6) is 0.0319. The Kier molecular flexibility index (Phi) is 5.80. The summed E-state index contributed by atoms with van der Waals surface area (Å²) in [6, 6.07) is 0.149. The van der Waals surface area contributed by atoms with Crippen LogP contribution in [0.2, 0.25) is 0 Å². The maximum atomic E-state index is 12.5. The summed E-state index contributed by atoms with van der Waals surface area (Å²) in [7, 11) is 1.82. The molecule has 1 aliphatic heterocycles. The van der Waals surface area contributed by atoms with Crippen molar-refractivity contribution >= 4 is 11.8 Å². The van der Waals surface area contributed by atoms with E-state index >= 15 is 0 Å². The van der Waals surface area contributed by atoms with Crippen molar-refractivity contribution in [3.63, 3.8) is 0 Å². The van der Waals surface area contributed by atoms with E-state index < -0.39 is 0 Å². The van der Waals surface area contributed by atoms with Crippen molar-refractivity contribution in [1.29, 1.82) is 0 Å². The zero-order chi connectivity index (χ0) is 17.0. The fourth-order valence-corrected chi connectivity index (χ4v) is 2.94. The van der Waals surface area contributed by atoms with Crippen molar-refractivity contribution in [3.8, 4) is 0 Å². The summed E-state index contributed by atoms with van der Waals surface area (Å²) < 4.78 is 1.97. The fourth-order valence-electron chi connectivity index (χ4n) is 2.94. The molecule has 1 aromatic rings. The largest absolute Gasteiger partial charge is 0.354 e. The molecule has 1 atom stereocenters. The minimum atomic E-state index is -0.0418. The van der Waals surface area contributed by atoms with E-state index in [1.165, 1.54) is 0 Å². The first-order valence-electron chi connectivity index (χ1n) is 8.53. The van der Waals surface area contributed by atoms with Gasteiger partial charge >= 0.3 is 0 Å². The Balaban J connectivity index is 2.06. The maximum absolute atomic E-state index is 12.5. The number of imidazole rings is 1. The number of nitrogens with one attached hydrogen (secondary N) is 1. The van der Waals surface area contributed by atoms with Gasteiger partial charge in [-0.15, -0.1) is 0 Å². The monoisotopic (exact) mass is 320 g/mol. The van der Waals surface area contributed by atoms with Crippen molar-refractivity contribution in [2.24, 2.45) is 5.92 Å². The molecule has 2 rings (SSSR count). The number of hydrogen-bond donors (Lipinski definition) is 1. The molecule has 128 valence electrons. The van der Waals surface area contributed by atoms with Crippen molar-refractivity contribution in [1.82, 2.24) is 19.8 Å². The number of carbonyl (C=O) groups excluding carboxylic acids is 2. The standard InChI is InChI=1S/C17H28N4O2/c1-5-6-9-20(4)17(23)15-14-8-7-13(10-21(14)11-18-15)16(22)19-12(2)3/h11-13H,5-10H2,1-4H3,(H,19,22). The van der Waals surface area contributed by atoms with Crippen LogP contribution in [0.3, 0.4) is 0 Å². The van der Waals surface area contributed by atoms with Crippen molar-refractivity contribution in [2.45, 2.75) is 59.0 Å². The Morgan fingerprint density at radius 3 is 2.87 bits per heavy atom. The van der Waals surface area contributed by atoms with Crippen LogP contribution in [-0.2, 0) is 17.8 Å². The van der Waals surface area contributed by atoms with Gasteiger partial charge < -0.3 is 14.8 Å². The molecule has 0 aliphatic carbocycles. The molecule has 1 aliphatic rings. The number of rotatable bonds is 6. The topological polar surface area (TPSA) is 67.2 Å². The number of nitrogens with zero attached hydrogens (tertiary/aromatic N) is 3. The van der Waals surface area contributed by atoms with E-state index in [0.717, 1.165) is 37.9 Å². The highest BCUT2D eigenvalue weighted by molar-refractivity contribution is 5.93. The Labute approximate surface area is 138 Å². The van der Waals surface area contributed by atoms with Gasteiger partial charge in [0.2, 0.25) is 5.91 Å². The normalized spacial score (nSPS) is 17.0. The quantitative estimate of drug-likeness (QED) is 0.870. The van der Waals surface area contributed by atoms with Gasteiger partial charge in [-0.3, -0.25) is 9.59 Å². The van der Waals surface area contributed by atoms with Crippen LogP contribution in [0.15, 0.2) is 6.33 Å². The van der Waals surface area contributed by atoms with E-state index in [1.807, 2.05) is 25.5 Å². The van der Waals surface area contributed by atoms with Crippen LogP contribution >= 0.6 is 0 Å². The molecule has 0 bridgehead atoms. The maximum Gasteiger partial charge on any atom is 0.274 e. The molecule has 0 saturated heterocycles. The lowest BCUT2D eigenvalue weighted by atomic mass is 9.96. The molecule has 6 nitrogen and oxygen atoms in total. The minimum absolute atomic E-state index is 0.0164. The molecule has 2 heterocycles. The lowest BCUT2D eigenvalue weighted by molar-refractivity contribution is -0.126. The fraction of sp³-hybridized carbons (Fsp3) is 0.706. The number of carbonyl (C=O) groups is 2. The van der Waals surface area contributed by atoms with Crippen LogP contribution in [0.4, 0.5) is 0 Å². The number of aromatic nitrogens is 2. The number of unbranched alkanes of at least 4 members (excludes halogenated alkanes) is 1. The lowest BCUT2D eigenvalue weighted by Gasteiger charge is -2.25. The molecule has 1 aromatic heterocycles. The Hall–Kier alpha value is -1.85. The van der Waals surface area contributed by atoms with Gasteiger partial charge in [-0.2, -0.15) is 0 Å². The summed E-state index contributed by atoms with van der Waals surface area (Å²) in [6.45, 7) is 7.39. The SMILES string of the molecule is CCCCN(C)C(=O)c1ncn2c1CCC(C(=O)NC(C)C)C2. The Bertz CT molecular complexity index is 565. The van der Waals surface area contributed by atoms with Gasteiger partial charge in [-0.25, -0.2) is 4.98 Å². The first-order valence-corrected chi connectivity index (χ1v) is 8.53. The third-order valence-corrected chi connectivity index (χ3v) is 4.29. The van der Waals surface area contributed by atoms with Crippen LogP contribution < -0.4 is 5.32 Å². The van der Waals surface area contributed by atoms with Crippen LogP contribution in [0.5, 0.6) is 0 Å². The molecule has 2 amide bonds. The lowest BCUT2D eigenvalue weighted by Crippen LogP contribution is -2.39. The van der Waals surface area contributed by atoms with Crippen molar-refractivity contribution in [3.05, 3.63) is 17.7 Å². The van der Waals surface area contributed by atoms with Gasteiger partial charge in [0.25, 0.3) is 5.91 Å². The molecular weight excluding hydrogens is 292 g/mol. The van der Waals surface area contributed by atoms with E-state index in [4.69, 9.17) is 0 Å². The van der Waals surface area contributed by atoms with Gasteiger partial charge in [0.15, 0.2) is 0 Å². The summed E-state index contributed by atoms with van der Waals surface area (Å²) in [5.41, 5.74) is 1.51. The molecule has 6 heteroatoms. The van der Waals surface area contributed by atoms with Gasteiger partial charge in [0.1, 0.15) is 5.69 Å². The van der Waals surface area contributed by atoms with E-state index in [9.17, 15) is 9.59 Å². The minimum Gasteiger partial charge on any atom is -0.354 e. The molecular formula is C17H28N4O2. The van der Waals surface area contributed by atoms with Crippen LogP contribution in [0, 0.1) is 5.92 Å². The number of fused-ring (bicyclic) bond motifs is 1.